The summed E-state index contributed by atoms with van der Waals surface area (Å²) in [4.78, 5) is 56.9. The number of pyridine rings is 1. The van der Waals surface area contributed by atoms with Gasteiger partial charge in [0.25, 0.3) is 0 Å². The molecule has 4 unspecified atom stereocenters. The number of nitrogens with zero attached hydrogens (tertiary/aromatic N) is 6. The van der Waals surface area contributed by atoms with E-state index in [4.69, 9.17) is 20.9 Å². The van der Waals surface area contributed by atoms with Crippen molar-refractivity contribution < 1.29 is 51.6 Å². The predicted octanol–water partition coefficient (Wildman–Crippen LogP) is 8.34. The number of terminal acetylenes is 1. The van der Waals surface area contributed by atoms with Crippen LogP contribution in [0.3, 0.4) is 0 Å². The number of phenolic OH excluding ortho intramolecular Hbond substituents is 1. The van der Waals surface area contributed by atoms with Crippen LogP contribution in [0.25, 0.3) is 44.1 Å². The number of aliphatic hydroxyl groups excluding tert-OH is 1. The van der Waals surface area contributed by atoms with Gasteiger partial charge in [0.1, 0.15) is 46.3 Å². The Bertz CT molecular complexity index is 3390. The molecule has 6 heterocycles. The number of rotatable bonds is 17. The van der Waals surface area contributed by atoms with Gasteiger partial charge in [-0.3, -0.25) is 19.4 Å². The molecule has 3 amide bonds. The van der Waals surface area contributed by atoms with E-state index in [1.54, 1.807) is 35.4 Å². The number of halogens is 4. The smallest absolute Gasteiger partial charge is 0.319 e. The molecule has 11 rings (SSSR count). The number of β-amino-alcohol motifs (C(OH)–C–C–N with tert-alkyl or cyclic N) is 1. The minimum Gasteiger partial charge on any atom is -0.508 e. The van der Waals surface area contributed by atoms with Gasteiger partial charge < -0.3 is 50.3 Å². The lowest BCUT2D eigenvalue weighted by atomic mass is 9.85. The molecule has 16 nitrogen and oxygen atoms in total. The first kappa shape index (κ1) is 58.7. The van der Waals surface area contributed by atoms with E-state index in [0.717, 1.165) is 63.7 Å². The summed E-state index contributed by atoms with van der Waals surface area (Å²) < 4.78 is 71.9. The number of carbonyl (C=O) groups is 3. The maximum absolute atomic E-state index is 17.0. The first-order valence-electron chi connectivity index (χ1n) is 28.6. The first-order valence-corrected chi connectivity index (χ1v) is 28.6. The van der Waals surface area contributed by atoms with E-state index in [1.807, 2.05) is 27.7 Å². The zero-order chi connectivity index (χ0) is 58.7. The van der Waals surface area contributed by atoms with Gasteiger partial charge in [-0.1, -0.05) is 63.1 Å². The third-order valence-corrected chi connectivity index (χ3v) is 16.7. The van der Waals surface area contributed by atoms with Gasteiger partial charge in [-0.15, -0.1) is 6.42 Å². The van der Waals surface area contributed by atoms with Gasteiger partial charge in [-0.05, 0) is 104 Å². The summed E-state index contributed by atoms with van der Waals surface area (Å²) in [5.74, 6) is -0.173. The molecule has 2 aromatic heterocycles. The summed E-state index contributed by atoms with van der Waals surface area (Å²) in [7, 11) is 0. The number of carbonyl (C=O) groups excluding carboxylic acids is 3. The molecule has 438 valence electrons. The highest BCUT2D eigenvalue weighted by atomic mass is 19.1. The topological polar surface area (TPSA) is 195 Å². The number of piperazine rings is 1. The van der Waals surface area contributed by atoms with Crippen LogP contribution in [0.1, 0.15) is 96.2 Å². The number of aromatic nitrogens is 3. The van der Waals surface area contributed by atoms with Crippen LogP contribution in [0, 0.1) is 46.4 Å². The number of fused-ring (bicyclic) bond motifs is 4. The van der Waals surface area contributed by atoms with Crippen molar-refractivity contribution in [2.45, 2.75) is 115 Å². The average Bonchev–Trinajstić information content (AvgIpc) is 3.98. The molecule has 5 atom stereocenters. The van der Waals surface area contributed by atoms with E-state index in [0.29, 0.717) is 61.2 Å². The van der Waals surface area contributed by atoms with Crippen LogP contribution in [0.5, 0.6) is 11.8 Å². The number of aromatic hydroxyl groups is 1. The van der Waals surface area contributed by atoms with Gasteiger partial charge in [0.2, 0.25) is 18.2 Å². The van der Waals surface area contributed by atoms with Crippen molar-refractivity contribution in [3.8, 4) is 46.5 Å². The summed E-state index contributed by atoms with van der Waals surface area (Å²) in [6.07, 6.45) is 13.8. The number of anilines is 1. The maximum Gasteiger partial charge on any atom is 0.319 e. The number of hydrogen-bond donors (Lipinski definition) is 5. The molecule has 20 heteroatoms. The van der Waals surface area contributed by atoms with Crippen molar-refractivity contribution in [3.05, 3.63) is 107 Å². The van der Waals surface area contributed by atoms with Crippen LogP contribution >= 0.6 is 0 Å². The van der Waals surface area contributed by atoms with Crippen molar-refractivity contribution in [1.82, 2.24) is 40.7 Å². The van der Waals surface area contributed by atoms with E-state index in [2.05, 4.69) is 41.6 Å². The lowest BCUT2D eigenvalue weighted by Crippen LogP contribution is -2.54. The van der Waals surface area contributed by atoms with E-state index in [9.17, 15) is 37.8 Å². The summed E-state index contributed by atoms with van der Waals surface area (Å²) in [5, 5.41) is 30.9. The van der Waals surface area contributed by atoms with Crippen molar-refractivity contribution >= 4 is 45.7 Å². The van der Waals surface area contributed by atoms with E-state index in [1.165, 1.54) is 42.5 Å². The molecule has 0 spiro atoms. The van der Waals surface area contributed by atoms with Crippen LogP contribution in [-0.2, 0) is 19.1 Å². The van der Waals surface area contributed by atoms with E-state index < -0.39 is 40.8 Å². The van der Waals surface area contributed by atoms with Crippen molar-refractivity contribution in [2.75, 3.05) is 63.9 Å². The van der Waals surface area contributed by atoms with Gasteiger partial charge in [0.05, 0.1) is 48.0 Å². The highest BCUT2D eigenvalue weighted by Crippen LogP contribution is 2.47. The van der Waals surface area contributed by atoms with Crippen molar-refractivity contribution in [2.24, 2.45) is 10.8 Å². The Labute approximate surface area is 480 Å². The minimum atomic E-state index is -0.752. The second kappa shape index (κ2) is 24.8. The molecule has 5 aliphatic rings. The fourth-order valence-corrected chi connectivity index (χ4v) is 11.9. The highest BCUT2D eigenvalue weighted by molar-refractivity contribution is 6.03. The molecule has 2 bridgehead atoms. The fourth-order valence-electron chi connectivity index (χ4n) is 11.9. The number of nitrogens with one attached hydrogen (secondary N) is 3. The van der Waals surface area contributed by atoms with Crippen LogP contribution in [0.15, 0.2) is 72.9 Å². The first-order chi connectivity index (χ1) is 39.8. The summed E-state index contributed by atoms with van der Waals surface area (Å²) in [5.41, 5.74) is 0.697. The molecule has 1 saturated carbocycles. The third-order valence-electron chi connectivity index (χ3n) is 16.7. The number of hydrogen-bond acceptors (Lipinski definition) is 13. The number of aliphatic hydroxyl groups is 1. The Morgan fingerprint density at radius 1 is 0.928 bits per heavy atom. The minimum absolute atomic E-state index is 0.0146. The largest absolute Gasteiger partial charge is 0.508 e. The molecule has 83 heavy (non-hydrogen) atoms. The van der Waals surface area contributed by atoms with Crippen LogP contribution in [0.2, 0.25) is 0 Å². The Morgan fingerprint density at radius 3 is 2.28 bits per heavy atom. The average molecular weight is 1140 g/mol. The summed E-state index contributed by atoms with van der Waals surface area (Å²) >= 11 is 0. The van der Waals surface area contributed by atoms with Gasteiger partial charge in [-0.2, -0.15) is 9.97 Å². The number of benzene rings is 4. The van der Waals surface area contributed by atoms with Crippen LogP contribution < -0.4 is 25.6 Å². The SMILES string of the molecule is C#Cc1c(F)ccc2cc(O)cc(-c3ncc4c(N5CC6CC[C@H](C5)N6)nc(OCC5(CN6CCC(OCCC(=O)NC(C(=O)N7CCC(O)C7)C(C)(C)C)CC6)CC5)nc4c3F)c12.CC(NC=O)c1ccc(-c2c(F)cccc2F)cc1. The molecule has 5 N–H and O–H groups in total. The number of amides is 3. The molecular weight excluding hydrogens is 1070 g/mol. The quantitative estimate of drug-likeness (QED) is 0.0333. The van der Waals surface area contributed by atoms with Gasteiger partial charge in [-0.25, -0.2) is 17.6 Å². The van der Waals surface area contributed by atoms with Crippen LogP contribution in [-0.4, -0.2) is 143 Å². The van der Waals surface area contributed by atoms with Crippen molar-refractivity contribution in [3.63, 3.8) is 0 Å². The molecule has 6 aromatic rings. The maximum atomic E-state index is 17.0. The summed E-state index contributed by atoms with van der Waals surface area (Å²) in [6, 6.07) is 15.8. The fraction of sp³-hybridized carbons (Fsp3) is 0.460. The molecule has 1 aliphatic carbocycles. The number of ether oxygens (including phenoxy) is 2. The van der Waals surface area contributed by atoms with E-state index in [-0.39, 0.29) is 106 Å². The van der Waals surface area contributed by atoms with Crippen LogP contribution in [0.4, 0.5) is 23.4 Å². The monoisotopic (exact) mass is 1140 g/mol. The Morgan fingerprint density at radius 2 is 1.64 bits per heavy atom. The van der Waals surface area contributed by atoms with Gasteiger partial charge in [0.15, 0.2) is 5.82 Å². The number of likely N-dealkylation sites (tertiary alicyclic amines) is 2. The molecule has 4 aromatic carbocycles. The van der Waals surface area contributed by atoms with Gasteiger partial charge >= 0.3 is 6.01 Å². The molecule has 4 saturated heterocycles. The Hall–Kier alpha value is -7.44. The normalized spacial score (nSPS) is 20.3. The lowest BCUT2D eigenvalue weighted by Gasteiger charge is -2.35. The molecule has 5 fully saturated rings. The number of phenols is 1. The number of piperidine rings is 1. The highest BCUT2D eigenvalue weighted by Gasteiger charge is 2.46. The zero-order valence-electron chi connectivity index (χ0n) is 47.2. The van der Waals surface area contributed by atoms with E-state index >= 15 is 4.39 Å². The lowest BCUT2D eigenvalue weighted by molar-refractivity contribution is -0.139. The summed E-state index contributed by atoms with van der Waals surface area (Å²) in [6.45, 7) is 12.9. The predicted molar refractivity (Wildman–Crippen MR) is 307 cm³/mol. The molecule has 4 aliphatic heterocycles. The Balaban J connectivity index is 0.000000343. The third kappa shape index (κ3) is 13.3. The van der Waals surface area contributed by atoms with Gasteiger partial charge in [0, 0.05) is 86.9 Å². The molecular formula is C63H71F4N9O7. The molecule has 0 radical (unpaired) electrons. The standard InChI is InChI=1S/C48H58F2N8O6.C15H13F2NO/c1-5-34-37(49)9-6-28-20-32(60)21-35(39(28)34)41-40(50)42-36(22-51-41)44(58-23-29-7-8-30(24-58)52-29)55-46(54-42)64-27-48(14-15-48)26-56-16-11-33(12-17-56)63-19-13-38(61)53-43(47(2,3)4)45(62)57-18-10-31(59)25-57;1-10(18-9-19)11-5-7-12(8-6-11)15-13(16)3-2-4-14(15)17/h1,6,9,20-22,29-31,33,43,52,59-60H,7-8,10-19,23-27H2,2-4H3,(H,53,61);2-10H,1H3,(H,18,19)/t29-,30?,31?,43?;/m1./s1. The second-order valence-corrected chi connectivity index (χ2v) is 23.9. The second-order valence-electron chi connectivity index (χ2n) is 23.9. The van der Waals surface area contributed by atoms with Crippen molar-refractivity contribution in [1.29, 1.82) is 0 Å². The Kier molecular flexibility index (Phi) is 17.5. The zero-order valence-corrected chi connectivity index (χ0v) is 47.2.